The molecule has 1 nitrogen and oxygen atoms in total. The van der Waals surface area contributed by atoms with Gasteiger partial charge in [0, 0.05) is 5.33 Å². The molecule has 0 N–H and O–H groups in total. The fourth-order valence-electron chi connectivity index (χ4n) is 1.25. The first-order chi connectivity index (χ1) is 7.84. The molecule has 3 heteroatoms. The minimum Gasteiger partial charge on any atom is -0.875 e. The maximum Gasteiger partial charge on any atom is 2.00 e. The first kappa shape index (κ1) is 16.4. The normalized spacial score (nSPS) is 11.7. The van der Waals surface area contributed by atoms with E-state index in [1.165, 1.54) is 0 Å². The smallest absolute Gasteiger partial charge is 0.875 e. The number of rotatable bonds is 3. The van der Waals surface area contributed by atoms with E-state index in [-0.39, 0.29) is 22.8 Å². The standard InChI is InChI=1S/C9H11BrO.C5H5.Fe/c10-7-3-6-9(11)8-4-1-2-5-8;1-2-4-5-3-1;/h1-2,4-5,11H,3,6-7H2;1-5H;/q;-1;+2/p-1. The van der Waals surface area contributed by atoms with Gasteiger partial charge in [0.2, 0.25) is 0 Å². The maximum absolute atomic E-state index is 11.2. The summed E-state index contributed by atoms with van der Waals surface area (Å²) in [6.45, 7) is 0. The monoisotopic (exact) mass is 334 g/mol. The van der Waals surface area contributed by atoms with E-state index in [0.717, 1.165) is 17.3 Å². The van der Waals surface area contributed by atoms with E-state index in [1.54, 1.807) is 0 Å². The minimum absolute atomic E-state index is 0. The molecular formula is C14H15BrFeO. The van der Waals surface area contributed by atoms with Crippen LogP contribution in [0.2, 0.25) is 0 Å². The van der Waals surface area contributed by atoms with Crippen molar-refractivity contribution in [1.82, 2.24) is 0 Å². The van der Waals surface area contributed by atoms with Crippen molar-refractivity contribution >= 4 is 15.9 Å². The molecule has 0 atom stereocenters. The van der Waals surface area contributed by atoms with Crippen LogP contribution in [0.4, 0.5) is 0 Å². The summed E-state index contributed by atoms with van der Waals surface area (Å²) in [7, 11) is 0. The molecule has 1 aliphatic carbocycles. The Kier molecular flexibility index (Phi) is 10.1. The molecule has 92 valence electrons. The molecule has 0 amide bonds. The fraction of sp³-hybridized carbons (Fsp3) is 0.214. The van der Waals surface area contributed by atoms with Gasteiger partial charge in [0.25, 0.3) is 0 Å². The second kappa shape index (κ2) is 10.5. The Labute approximate surface area is 122 Å². The van der Waals surface area contributed by atoms with Crippen LogP contribution in [0, 0.1) is 0 Å². The summed E-state index contributed by atoms with van der Waals surface area (Å²) >= 11 is 3.29. The predicted octanol–water partition coefficient (Wildman–Crippen LogP) is 3.30. The molecule has 2 rings (SSSR count). The van der Waals surface area contributed by atoms with Crippen molar-refractivity contribution in [1.29, 1.82) is 0 Å². The molecule has 0 heterocycles. The van der Waals surface area contributed by atoms with Gasteiger partial charge in [-0.25, -0.2) is 12.1 Å². The van der Waals surface area contributed by atoms with Crippen molar-refractivity contribution < 1.29 is 22.2 Å². The third-order valence-corrected chi connectivity index (χ3v) is 2.64. The van der Waals surface area contributed by atoms with Crippen LogP contribution in [-0.2, 0) is 17.1 Å². The Hall–Kier alpha value is -0.631. The topological polar surface area (TPSA) is 23.1 Å². The van der Waals surface area contributed by atoms with Gasteiger partial charge in [0.1, 0.15) is 0 Å². The molecule has 17 heavy (non-hydrogen) atoms. The van der Waals surface area contributed by atoms with Gasteiger partial charge >= 0.3 is 17.1 Å². The molecule has 0 radical (unpaired) electrons. The van der Waals surface area contributed by atoms with Gasteiger partial charge in [-0.15, -0.1) is 5.76 Å². The van der Waals surface area contributed by atoms with Crippen molar-refractivity contribution in [2.75, 3.05) is 5.33 Å². The zero-order chi connectivity index (χ0) is 11.6. The summed E-state index contributed by atoms with van der Waals surface area (Å²) in [6.07, 6.45) is 9.06. The average Bonchev–Trinajstić information content (AvgIpc) is 2.98. The molecule has 1 aromatic carbocycles. The van der Waals surface area contributed by atoms with Gasteiger partial charge in [-0.1, -0.05) is 40.2 Å². The number of hydrogen-bond donors (Lipinski definition) is 0. The van der Waals surface area contributed by atoms with Crippen molar-refractivity contribution in [3.8, 4) is 0 Å². The third kappa shape index (κ3) is 7.32. The average molecular weight is 335 g/mol. The van der Waals surface area contributed by atoms with Crippen molar-refractivity contribution in [3.05, 3.63) is 66.0 Å². The molecular weight excluding hydrogens is 320 g/mol. The van der Waals surface area contributed by atoms with Crippen LogP contribution in [0.3, 0.4) is 0 Å². The SMILES string of the molecule is [Fe+2].[O-]C(CCCBr)=C1C=CC=C1.c1cc[cH-]c1. The van der Waals surface area contributed by atoms with Gasteiger partial charge in [-0.3, -0.25) is 0 Å². The largest absolute Gasteiger partial charge is 2.00 e. The Bertz CT molecular complexity index is 332. The molecule has 0 fully saturated rings. The Morgan fingerprint density at radius 2 is 1.76 bits per heavy atom. The summed E-state index contributed by atoms with van der Waals surface area (Å²) in [6, 6.07) is 10.0. The first-order valence-electron chi connectivity index (χ1n) is 5.32. The van der Waals surface area contributed by atoms with Crippen LogP contribution in [0.1, 0.15) is 12.8 Å². The van der Waals surface area contributed by atoms with Crippen LogP contribution in [0.15, 0.2) is 66.0 Å². The molecule has 0 spiro atoms. The van der Waals surface area contributed by atoms with E-state index < -0.39 is 0 Å². The quantitative estimate of drug-likeness (QED) is 0.360. The zero-order valence-electron chi connectivity index (χ0n) is 9.46. The van der Waals surface area contributed by atoms with Gasteiger partial charge in [0.05, 0.1) is 0 Å². The van der Waals surface area contributed by atoms with E-state index in [0.29, 0.717) is 6.42 Å². The van der Waals surface area contributed by atoms with Gasteiger partial charge in [0.15, 0.2) is 0 Å². The number of alkyl halides is 1. The van der Waals surface area contributed by atoms with E-state index in [2.05, 4.69) is 15.9 Å². The number of allylic oxidation sites excluding steroid dienone is 6. The van der Waals surface area contributed by atoms with Crippen LogP contribution in [0.25, 0.3) is 0 Å². The fourth-order valence-corrected chi connectivity index (χ4v) is 1.53. The minimum atomic E-state index is 0. The Balaban J connectivity index is 0.000000360. The summed E-state index contributed by atoms with van der Waals surface area (Å²) in [4.78, 5) is 0. The Morgan fingerprint density at radius 3 is 2.18 bits per heavy atom. The van der Waals surface area contributed by atoms with Crippen LogP contribution in [0.5, 0.6) is 0 Å². The molecule has 0 unspecified atom stereocenters. The molecule has 0 saturated heterocycles. The third-order valence-electron chi connectivity index (χ3n) is 2.08. The zero-order valence-corrected chi connectivity index (χ0v) is 12.1. The van der Waals surface area contributed by atoms with Gasteiger partial charge in [-0.05, 0) is 18.4 Å². The number of hydrogen-bond acceptors (Lipinski definition) is 1. The Morgan fingerprint density at radius 1 is 1.18 bits per heavy atom. The molecule has 0 aliphatic heterocycles. The van der Waals surface area contributed by atoms with E-state index in [4.69, 9.17) is 0 Å². The van der Waals surface area contributed by atoms with E-state index >= 15 is 0 Å². The summed E-state index contributed by atoms with van der Waals surface area (Å²) in [5.74, 6) is 0.245. The van der Waals surface area contributed by atoms with Crippen LogP contribution < -0.4 is 5.11 Å². The first-order valence-corrected chi connectivity index (χ1v) is 6.44. The summed E-state index contributed by atoms with van der Waals surface area (Å²) < 4.78 is 0. The number of halogens is 1. The molecule has 1 aromatic rings. The maximum atomic E-state index is 11.2. The van der Waals surface area contributed by atoms with Crippen LogP contribution in [-0.4, -0.2) is 5.33 Å². The van der Waals surface area contributed by atoms with Crippen molar-refractivity contribution in [3.63, 3.8) is 0 Å². The molecule has 0 aromatic heterocycles. The van der Waals surface area contributed by atoms with Crippen LogP contribution >= 0.6 is 15.9 Å². The van der Waals surface area contributed by atoms with Crippen molar-refractivity contribution in [2.45, 2.75) is 12.8 Å². The van der Waals surface area contributed by atoms with E-state index in [9.17, 15) is 5.11 Å². The molecule has 0 saturated carbocycles. The predicted molar refractivity (Wildman–Crippen MR) is 70.4 cm³/mol. The van der Waals surface area contributed by atoms with Gasteiger partial charge in [-0.2, -0.15) is 18.2 Å². The molecule has 1 aliphatic rings. The van der Waals surface area contributed by atoms with E-state index in [1.807, 2.05) is 54.6 Å². The molecule has 0 bridgehead atoms. The second-order valence-corrected chi connectivity index (χ2v) is 4.14. The summed E-state index contributed by atoms with van der Waals surface area (Å²) in [5, 5.41) is 12.1. The second-order valence-electron chi connectivity index (χ2n) is 3.35. The van der Waals surface area contributed by atoms with Crippen molar-refractivity contribution in [2.24, 2.45) is 0 Å². The van der Waals surface area contributed by atoms with Gasteiger partial charge < -0.3 is 5.11 Å². The summed E-state index contributed by atoms with van der Waals surface area (Å²) in [5.41, 5.74) is 0.839.